The average molecular weight is 167 g/mol. The minimum atomic E-state index is -4.72. The van der Waals surface area contributed by atoms with Crippen molar-refractivity contribution in [2.45, 2.75) is 6.36 Å². The highest BCUT2D eigenvalue weighted by atomic mass is 19.4. The summed E-state index contributed by atoms with van der Waals surface area (Å²) in [5, 5.41) is 3.26. The monoisotopic (exact) mass is 167 g/mol. The van der Waals surface area contributed by atoms with Crippen LogP contribution in [-0.4, -0.2) is 21.1 Å². The number of nitrogens with zero attached hydrogens (tertiary/aromatic N) is 3. The van der Waals surface area contributed by atoms with E-state index in [1.807, 2.05) is 0 Å². The summed E-state index contributed by atoms with van der Waals surface area (Å²) in [6.45, 7) is 0. The van der Waals surface area contributed by atoms with Gasteiger partial charge in [-0.15, -0.1) is 18.3 Å². The van der Waals surface area contributed by atoms with Crippen molar-refractivity contribution >= 4 is 0 Å². The van der Waals surface area contributed by atoms with Crippen molar-refractivity contribution in [3.63, 3.8) is 0 Å². The fourth-order valence-electron chi connectivity index (χ4n) is 0.470. The van der Waals surface area contributed by atoms with Crippen molar-refractivity contribution in [3.05, 3.63) is 6.33 Å². The molecule has 0 N–H and O–H groups in total. The van der Waals surface area contributed by atoms with Gasteiger partial charge in [-0.25, -0.2) is 0 Å². The summed E-state index contributed by atoms with van der Waals surface area (Å²) in [4.78, 5) is 3.21. The molecule has 0 saturated heterocycles. The molecule has 1 aromatic rings. The molecule has 0 saturated carbocycles. The third-order valence-electron chi connectivity index (χ3n) is 0.786. The Labute approximate surface area is 59.6 Å². The number of hydrogen-bond donors (Lipinski definition) is 0. The maximum absolute atomic E-state index is 11.4. The fraction of sp³-hybridized carbons (Fsp3) is 0.500. The normalized spacial score (nSPS) is 11.6. The van der Waals surface area contributed by atoms with E-state index in [9.17, 15) is 13.2 Å². The molecule has 0 amide bonds. The van der Waals surface area contributed by atoms with Crippen molar-refractivity contribution in [1.29, 1.82) is 0 Å². The van der Waals surface area contributed by atoms with E-state index in [0.29, 0.717) is 0 Å². The molecular weight excluding hydrogens is 163 g/mol. The van der Waals surface area contributed by atoms with Crippen LogP contribution >= 0.6 is 0 Å². The predicted octanol–water partition coefficient (Wildman–Crippen LogP) is 0.714. The molecular formula is C4H4F3N3O. The van der Waals surface area contributed by atoms with Gasteiger partial charge in [0.05, 0.1) is 0 Å². The average Bonchev–Trinajstić information content (AvgIpc) is 2.10. The summed E-state index contributed by atoms with van der Waals surface area (Å²) in [5.41, 5.74) is 0. The largest absolute Gasteiger partial charge is 0.575 e. The van der Waals surface area contributed by atoms with E-state index in [1.54, 1.807) is 0 Å². The SMILES string of the molecule is Cn1cnc(OC(F)(F)F)n1. The molecule has 7 heteroatoms. The van der Waals surface area contributed by atoms with Crippen LogP contribution in [0.3, 0.4) is 0 Å². The third-order valence-corrected chi connectivity index (χ3v) is 0.786. The zero-order chi connectivity index (χ0) is 8.48. The van der Waals surface area contributed by atoms with E-state index >= 15 is 0 Å². The highest BCUT2D eigenvalue weighted by Gasteiger charge is 2.32. The molecule has 0 fully saturated rings. The number of aromatic nitrogens is 3. The van der Waals surface area contributed by atoms with Crippen LogP contribution in [0.2, 0.25) is 0 Å². The number of hydrogen-bond acceptors (Lipinski definition) is 3. The number of rotatable bonds is 1. The van der Waals surface area contributed by atoms with Gasteiger partial charge in [0, 0.05) is 7.05 Å². The lowest BCUT2D eigenvalue weighted by Gasteiger charge is -2.02. The lowest BCUT2D eigenvalue weighted by Crippen LogP contribution is -2.18. The molecule has 0 aliphatic carbocycles. The van der Waals surface area contributed by atoms with Gasteiger partial charge in [0.1, 0.15) is 6.33 Å². The van der Waals surface area contributed by atoms with Gasteiger partial charge in [0.25, 0.3) is 0 Å². The Morgan fingerprint density at radius 1 is 1.55 bits per heavy atom. The fourth-order valence-corrected chi connectivity index (χ4v) is 0.470. The van der Waals surface area contributed by atoms with E-state index < -0.39 is 12.4 Å². The molecule has 0 aromatic carbocycles. The quantitative estimate of drug-likeness (QED) is 0.618. The van der Waals surface area contributed by atoms with Crippen molar-refractivity contribution < 1.29 is 17.9 Å². The van der Waals surface area contributed by atoms with Crippen LogP contribution < -0.4 is 4.74 Å². The predicted molar refractivity (Wildman–Crippen MR) is 27.7 cm³/mol. The van der Waals surface area contributed by atoms with Gasteiger partial charge in [0.2, 0.25) is 0 Å². The van der Waals surface area contributed by atoms with E-state index in [0.717, 1.165) is 11.0 Å². The molecule has 0 aliphatic rings. The summed E-state index contributed by atoms with van der Waals surface area (Å²) >= 11 is 0. The topological polar surface area (TPSA) is 39.9 Å². The van der Waals surface area contributed by atoms with Crippen molar-refractivity contribution in [3.8, 4) is 6.01 Å². The molecule has 4 nitrogen and oxygen atoms in total. The molecule has 1 rings (SSSR count). The lowest BCUT2D eigenvalue weighted by atomic mass is 11.1. The molecule has 0 unspecified atom stereocenters. The second kappa shape index (κ2) is 2.40. The number of ether oxygens (including phenoxy) is 1. The summed E-state index contributed by atoms with van der Waals surface area (Å²) in [6.07, 6.45) is -3.61. The molecule has 1 heterocycles. The number of halogens is 3. The molecule has 0 radical (unpaired) electrons. The number of alkyl halides is 3. The van der Waals surface area contributed by atoms with Crippen LogP contribution in [0.4, 0.5) is 13.2 Å². The van der Waals surface area contributed by atoms with Gasteiger partial charge in [-0.1, -0.05) is 0 Å². The zero-order valence-electron chi connectivity index (χ0n) is 5.46. The Hall–Kier alpha value is -1.27. The molecule has 0 aliphatic heterocycles. The van der Waals surface area contributed by atoms with E-state index in [1.165, 1.54) is 7.05 Å². The van der Waals surface area contributed by atoms with Crippen LogP contribution in [0.5, 0.6) is 6.01 Å². The first-order valence-electron chi connectivity index (χ1n) is 2.59. The Kier molecular flexibility index (Phi) is 1.71. The van der Waals surface area contributed by atoms with Gasteiger partial charge >= 0.3 is 12.4 Å². The Morgan fingerprint density at radius 3 is 2.55 bits per heavy atom. The molecule has 62 valence electrons. The van der Waals surface area contributed by atoms with E-state index in [2.05, 4.69) is 14.8 Å². The summed E-state index contributed by atoms with van der Waals surface area (Å²) in [6, 6.07) is -0.694. The standard InChI is InChI=1S/C4H4F3N3O/c1-10-2-8-3(9-10)11-4(5,6)7/h2H,1H3. The van der Waals surface area contributed by atoms with Crippen molar-refractivity contribution in [2.24, 2.45) is 7.05 Å². The second-order valence-corrected chi connectivity index (χ2v) is 1.75. The third kappa shape index (κ3) is 2.44. The zero-order valence-corrected chi connectivity index (χ0v) is 5.46. The summed E-state index contributed by atoms with van der Waals surface area (Å²) in [5.74, 6) is 0. The highest BCUT2D eigenvalue weighted by molar-refractivity contribution is 4.87. The van der Waals surface area contributed by atoms with Crippen LogP contribution in [0.15, 0.2) is 6.33 Å². The minimum Gasteiger partial charge on any atom is -0.369 e. The maximum Gasteiger partial charge on any atom is 0.575 e. The van der Waals surface area contributed by atoms with Crippen LogP contribution in [0.25, 0.3) is 0 Å². The first-order chi connectivity index (χ1) is 4.97. The maximum atomic E-state index is 11.4. The lowest BCUT2D eigenvalue weighted by molar-refractivity contribution is -0.277. The first-order valence-corrected chi connectivity index (χ1v) is 2.59. The molecule has 0 bridgehead atoms. The molecule has 0 atom stereocenters. The minimum absolute atomic E-state index is 0.694. The Balaban J connectivity index is 2.65. The summed E-state index contributed by atoms with van der Waals surface area (Å²) in [7, 11) is 1.44. The van der Waals surface area contributed by atoms with Crippen LogP contribution in [0.1, 0.15) is 0 Å². The Bertz CT molecular complexity index is 243. The highest BCUT2D eigenvalue weighted by Crippen LogP contribution is 2.17. The van der Waals surface area contributed by atoms with Crippen LogP contribution in [-0.2, 0) is 7.05 Å². The van der Waals surface area contributed by atoms with Gasteiger partial charge in [-0.3, -0.25) is 4.68 Å². The smallest absolute Gasteiger partial charge is 0.369 e. The molecule has 1 aromatic heterocycles. The van der Waals surface area contributed by atoms with Gasteiger partial charge < -0.3 is 4.74 Å². The second-order valence-electron chi connectivity index (χ2n) is 1.75. The van der Waals surface area contributed by atoms with E-state index in [4.69, 9.17) is 0 Å². The van der Waals surface area contributed by atoms with Crippen molar-refractivity contribution in [2.75, 3.05) is 0 Å². The van der Waals surface area contributed by atoms with Crippen LogP contribution in [0, 0.1) is 0 Å². The molecule has 11 heavy (non-hydrogen) atoms. The first kappa shape index (κ1) is 7.83. The summed E-state index contributed by atoms with van der Waals surface area (Å²) < 4.78 is 38.8. The van der Waals surface area contributed by atoms with Gasteiger partial charge in [-0.2, -0.15) is 4.98 Å². The van der Waals surface area contributed by atoms with Crippen molar-refractivity contribution in [1.82, 2.24) is 14.8 Å². The number of aryl methyl sites for hydroxylation is 1. The van der Waals surface area contributed by atoms with Gasteiger partial charge in [-0.05, 0) is 0 Å². The Morgan fingerprint density at radius 2 is 2.18 bits per heavy atom. The van der Waals surface area contributed by atoms with E-state index in [-0.39, 0.29) is 0 Å². The molecule has 0 spiro atoms. The van der Waals surface area contributed by atoms with Gasteiger partial charge in [0.15, 0.2) is 0 Å².